The van der Waals surface area contributed by atoms with Gasteiger partial charge in [0.05, 0.1) is 12.2 Å². The highest BCUT2D eigenvalue weighted by atomic mass is 35.5. The Kier molecular flexibility index (Phi) is 13.3. The summed E-state index contributed by atoms with van der Waals surface area (Å²) in [4.78, 5) is 30.3. The van der Waals surface area contributed by atoms with E-state index in [0.717, 1.165) is 66.0 Å². The molecule has 0 bridgehead atoms. The smallest absolute Gasteiger partial charge is 0.335 e. The lowest BCUT2D eigenvalue weighted by atomic mass is 9.93. The molecule has 12 nitrogen and oxygen atoms in total. The number of likely N-dealkylation sites (tertiary alicyclic amines) is 1. The SMILES string of the molecule is CC(CCCC(=O)N1CCC(NC[C@H](O)[C@@H](O)[C@H](O)[C@H](O)C(=O)O)CC1)c1ccc(Cl)c(CNC2(c3cnccc3-c3ccccc3OC3CC3)CC2)c1. The highest BCUT2D eigenvalue weighted by Crippen LogP contribution is 2.50. The highest BCUT2D eigenvalue weighted by Gasteiger charge is 2.46. The van der Waals surface area contributed by atoms with Gasteiger partial charge in [-0.25, -0.2) is 4.79 Å². The van der Waals surface area contributed by atoms with Crippen LogP contribution in [0.15, 0.2) is 60.9 Å². The molecule has 2 heterocycles. The van der Waals surface area contributed by atoms with Crippen LogP contribution in [-0.4, -0.2) is 103 Å². The molecule has 2 aromatic carbocycles. The van der Waals surface area contributed by atoms with Gasteiger partial charge in [0.2, 0.25) is 5.91 Å². The summed E-state index contributed by atoms with van der Waals surface area (Å²) >= 11 is 6.74. The maximum absolute atomic E-state index is 13.1. The van der Waals surface area contributed by atoms with E-state index in [-0.39, 0.29) is 30.0 Å². The zero-order valence-electron chi connectivity index (χ0n) is 30.7. The molecule has 54 heavy (non-hydrogen) atoms. The van der Waals surface area contributed by atoms with E-state index in [1.807, 2.05) is 29.4 Å². The van der Waals surface area contributed by atoms with Gasteiger partial charge < -0.3 is 45.8 Å². The molecule has 3 aromatic rings. The number of carbonyl (C=O) groups is 2. The van der Waals surface area contributed by atoms with Crippen molar-refractivity contribution in [3.63, 3.8) is 0 Å². The molecule has 1 saturated heterocycles. The number of nitrogens with one attached hydrogen (secondary N) is 2. The summed E-state index contributed by atoms with van der Waals surface area (Å²) in [6.45, 7) is 3.82. The lowest BCUT2D eigenvalue weighted by Crippen LogP contribution is -2.52. The molecule has 292 valence electrons. The van der Waals surface area contributed by atoms with Gasteiger partial charge in [0.15, 0.2) is 6.10 Å². The van der Waals surface area contributed by atoms with E-state index in [1.54, 1.807) is 0 Å². The Bertz CT molecular complexity index is 1750. The van der Waals surface area contributed by atoms with Crippen molar-refractivity contribution in [3.05, 3.63) is 82.6 Å². The van der Waals surface area contributed by atoms with Crippen molar-refractivity contribution >= 4 is 23.5 Å². The van der Waals surface area contributed by atoms with Crippen LogP contribution >= 0.6 is 11.6 Å². The number of aromatic nitrogens is 1. The van der Waals surface area contributed by atoms with Crippen LogP contribution in [0.25, 0.3) is 11.1 Å². The number of aliphatic hydroxyl groups excluding tert-OH is 4. The number of piperidine rings is 1. The zero-order valence-corrected chi connectivity index (χ0v) is 31.5. The molecule has 0 radical (unpaired) electrons. The van der Waals surface area contributed by atoms with E-state index in [0.29, 0.717) is 45.0 Å². The molecule has 1 unspecified atom stereocenters. The van der Waals surface area contributed by atoms with Crippen molar-refractivity contribution in [2.75, 3.05) is 19.6 Å². The maximum atomic E-state index is 13.1. The van der Waals surface area contributed by atoms with Crippen molar-refractivity contribution in [3.8, 4) is 16.9 Å². The number of carboxylic acid groups (broad SMARTS) is 1. The van der Waals surface area contributed by atoms with Crippen LogP contribution in [0.4, 0.5) is 0 Å². The lowest BCUT2D eigenvalue weighted by molar-refractivity contribution is -0.162. The number of amides is 1. The van der Waals surface area contributed by atoms with Crippen LogP contribution in [0.1, 0.15) is 87.3 Å². The van der Waals surface area contributed by atoms with E-state index >= 15 is 0 Å². The monoisotopic (exact) mass is 764 g/mol. The van der Waals surface area contributed by atoms with Gasteiger partial charge in [-0.05, 0) is 97.7 Å². The normalized spacial score (nSPS) is 19.8. The topological polar surface area (TPSA) is 185 Å². The molecular formula is C41H53ClN4O8. The van der Waals surface area contributed by atoms with E-state index in [1.165, 1.54) is 11.1 Å². The Morgan fingerprint density at radius 2 is 1.74 bits per heavy atom. The maximum Gasteiger partial charge on any atom is 0.335 e. The third kappa shape index (κ3) is 9.97. The van der Waals surface area contributed by atoms with Crippen LogP contribution in [-0.2, 0) is 21.7 Å². The molecule has 1 aliphatic heterocycles. The molecule has 2 aliphatic carbocycles. The van der Waals surface area contributed by atoms with Crippen molar-refractivity contribution in [1.82, 2.24) is 20.5 Å². The van der Waals surface area contributed by atoms with Crippen LogP contribution in [0.5, 0.6) is 5.75 Å². The number of carbonyl (C=O) groups excluding carboxylic acids is 1. The number of hydrogen-bond acceptors (Lipinski definition) is 10. The minimum absolute atomic E-state index is 0.0180. The predicted molar refractivity (Wildman–Crippen MR) is 204 cm³/mol. The fourth-order valence-corrected chi connectivity index (χ4v) is 7.51. The first kappa shape index (κ1) is 40.1. The van der Waals surface area contributed by atoms with Crippen molar-refractivity contribution in [2.24, 2.45) is 0 Å². The lowest BCUT2D eigenvalue weighted by Gasteiger charge is -2.33. The molecule has 7 N–H and O–H groups in total. The first-order valence-electron chi connectivity index (χ1n) is 19.2. The number of rotatable bonds is 19. The number of pyridine rings is 1. The summed E-state index contributed by atoms with van der Waals surface area (Å²) in [5.74, 6) is -0.426. The average Bonchev–Trinajstić information content (AvgIpc) is 4.14. The van der Waals surface area contributed by atoms with Gasteiger partial charge in [-0.1, -0.05) is 48.9 Å². The molecule has 3 aliphatic rings. The quantitative estimate of drug-likeness (QED) is 0.0933. The second kappa shape index (κ2) is 17.9. The van der Waals surface area contributed by atoms with Crippen molar-refractivity contribution in [2.45, 2.75) is 119 Å². The summed E-state index contributed by atoms with van der Waals surface area (Å²) in [6, 6.07) is 16.6. The summed E-state index contributed by atoms with van der Waals surface area (Å²) in [5, 5.41) is 55.8. The van der Waals surface area contributed by atoms with Gasteiger partial charge >= 0.3 is 5.97 Å². The number of hydrogen-bond donors (Lipinski definition) is 7. The fraction of sp³-hybridized carbons (Fsp3) is 0.537. The van der Waals surface area contributed by atoms with Gasteiger partial charge in [-0.2, -0.15) is 0 Å². The highest BCUT2D eigenvalue weighted by molar-refractivity contribution is 6.31. The third-order valence-electron chi connectivity index (χ3n) is 11.1. The number of aliphatic carboxylic acids is 1. The van der Waals surface area contributed by atoms with Crippen LogP contribution < -0.4 is 15.4 Å². The molecule has 1 aromatic heterocycles. The van der Waals surface area contributed by atoms with Gasteiger partial charge in [0.1, 0.15) is 18.0 Å². The molecule has 5 atom stereocenters. The standard InChI is InChI=1S/C41H53ClN4O8/c1-25(5-4-8-36(48)46-19-14-28(15-20-46)44-24-34(47)37(49)38(50)39(51)40(52)53)26-9-12-33(42)27(21-26)22-45-41(16-17-41)32-23-43-18-13-30(32)31-6-2-3-7-35(31)54-29-10-11-29/h2-3,6-7,9,12-13,18,21,23,25,28-29,34,37-39,44-45,47,49-51H,4-5,8,10-11,14-17,19-20,22,24H2,1H3,(H,52,53)/t25?,34-,37+,38-,39-/m0/s1. The van der Waals surface area contributed by atoms with Crippen LogP contribution in [0, 0.1) is 0 Å². The summed E-state index contributed by atoms with van der Waals surface area (Å²) in [6.07, 6.45) is 4.19. The minimum atomic E-state index is -2.20. The van der Waals surface area contributed by atoms with E-state index in [9.17, 15) is 30.0 Å². The van der Waals surface area contributed by atoms with Crippen molar-refractivity contribution in [1.29, 1.82) is 0 Å². The largest absolute Gasteiger partial charge is 0.490 e. The molecular weight excluding hydrogens is 712 g/mol. The molecule has 13 heteroatoms. The number of ether oxygens (including phenoxy) is 1. The molecule has 3 fully saturated rings. The molecule has 0 spiro atoms. The number of carboxylic acids is 1. The molecule has 6 rings (SSSR count). The van der Waals surface area contributed by atoms with E-state index in [2.05, 4.69) is 58.9 Å². The first-order chi connectivity index (χ1) is 26.0. The second-order valence-electron chi connectivity index (χ2n) is 15.2. The van der Waals surface area contributed by atoms with Gasteiger partial charge in [0, 0.05) is 67.2 Å². The Morgan fingerprint density at radius 3 is 2.44 bits per heavy atom. The Labute approximate surface area is 321 Å². The van der Waals surface area contributed by atoms with Crippen LogP contribution in [0.2, 0.25) is 5.02 Å². The second-order valence-corrected chi connectivity index (χ2v) is 15.6. The third-order valence-corrected chi connectivity index (χ3v) is 11.5. The summed E-state index contributed by atoms with van der Waals surface area (Å²) in [7, 11) is 0. The average molecular weight is 765 g/mol. The fourth-order valence-electron chi connectivity index (χ4n) is 7.32. The van der Waals surface area contributed by atoms with E-state index in [4.69, 9.17) is 21.4 Å². The number of para-hydroxylation sites is 1. The zero-order chi connectivity index (χ0) is 38.4. The Balaban J connectivity index is 0.958. The van der Waals surface area contributed by atoms with Crippen LogP contribution in [0.3, 0.4) is 0 Å². The molecule has 1 amide bonds. The predicted octanol–water partition coefficient (Wildman–Crippen LogP) is 4.10. The van der Waals surface area contributed by atoms with Gasteiger partial charge in [-0.15, -0.1) is 0 Å². The first-order valence-corrected chi connectivity index (χ1v) is 19.5. The number of nitrogens with zero attached hydrogens (tertiary/aromatic N) is 2. The van der Waals surface area contributed by atoms with Crippen molar-refractivity contribution < 1.29 is 39.9 Å². The Morgan fingerprint density at radius 1 is 1.00 bits per heavy atom. The number of benzene rings is 2. The Hall–Kier alpha value is -3.62. The van der Waals surface area contributed by atoms with Gasteiger partial charge in [0.25, 0.3) is 0 Å². The number of aliphatic hydroxyl groups is 4. The number of halogens is 1. The van der Waals surface area contributed by atoms with E-state index < -0.39 is 30.4 Å². The molecule has 2 saturated carbocycles. The minimum Gasteiger partial charge on any atom is -0.490 e. The summed E-state index contributed by atoms with van der Waals surface area (Å²) < 4.78 is 6.27. The summed E-state index contributed by atoms with van der Waals surface area (Å²) in [5.41, 5.74) is 5.45. The van der Waals surface area contributed by atoms with Gasteiger partial charge in [-0.3, -0.25) is 9.78 Å².